The van der Waals surface area contributed by atoms with Crippen molar-refractivity contribution in [1.82, 2.24) is 0 Å². The number of fused-ring (bicyclic) bond motifs is 3. The summed E-state index contributed by atoms with van der Waals surface area (Å²) in [4.78, 5) is 0. The Balaban J connectivity index is 1.84. The molecule has 3 saturated heterocycles. The third kappa shape index (κ3) is 2.62. The average Bonchev–Trinajstić information content (AvgIpc) is 2.73. The molecule has 5 atom stereocenters. The zero-order valence-electron chi connectivity index (χ0n) is 13.2. The lowest BCUT2D eigenvalue weighted by Gasteiger charge is -2.38. The van der Waals surface area contributed by atoms with Gasteiger partial charge in [0.1, 0.15) is 18.3 Å². The average molecular weight is 286 g/mol. The maximum Gasteiger partial charge on any atom is 0.190 e. The van der Waals surface area contributed by atoms with Crippen molar-refractivity contribution in [3.8, 4) is 0 Å². The summed E-state index contributed by atoms with van der Waals surface area (Å²) in [5.74, 6) is -0.707. The first kappa shape index (κ1) is 14.7. The van der Waals surface area contributed by atoms with E-state index in [1.54, 1.807) is 0 Å². The van der Waals surface area contributed by atoms with Gasteiger partial charge < -0.3 is 23.7 Å². The summed E-state index contributed by atoms with van der Waals surface area (Å²) < 4.78 is 30.1. The molecule has 3 fully saturated rings. The molecular formula is C15H26O5. The molecule has 20 heavy (non-hydrogen) atoms. The van der Waals surface area contributed by atoms with E-state index in [2.05, 4.69) is 13.8 Å². The maximum atomic E-state index is 6.11. The van der Waals surface area contributed by atoms with Crippen molar-refractivity contribution in [2.45, 2.75) is 90.2 Å². The van der Waals surface area contributed by atoms with Gasteiger partial charge in [0.25, 0.3) is 0 Å². The van der Waals surface area contributed by atoms with Crippen LogP contribution in [-0.4, -0.2) is 42.3 Å². The first-order valence-corrected chi connectivity index (χ1v) is 7.54. The molecule has 0 radical (unpaired) electrons. The fourth-order valence-corrected chi connectivity index (χ4v) is 3.35. The predicted octanol–water partition coefficient (Wildman–Crippen LogP) is 2.43. The Morgan fingerprint density at radius 1 is 0.800 bits per heavy atom. The summed E-state index contributed by atoms with van der Waals surface area (Å²) in [7, 11) is 0. The topological polar surface area (TPSA) is 46.2 Å². The van der Waals surface area contributed by atoms with Gasteiger partial charge in [-0.15, -0.1) is 0 Å². The second kappa shape index (κ2) is 4.65. The zero-order chi connectivity index (χ0) is 14.7. The normalized spacial score (nSPS) is 45.5. The van der Waals surface area contributed by atoms with Crippen LogP contribution in [0.15, 0.2) is 0 Å². The molecule has 5 heteroatoms. The van der Waals surface area contributed by atoms with Gasteiger partial charge in [-0.1, -0.05) is 13.8 Å². The van der Waals surface area contributed by atoms with E-state index >= 15 is 0 Å². The van der Waals surface area contributed by atoms with E-state index in [1.165, 1.54) is 0 Å². The van der Waals surface area contributed by atoms with Gasteiger partial charge in [-0.3, -0.25) is 0 Å². The summed E-state index contributed by atoms with van der Waals surface area (Å²) in [5, 5.41) is 0. The van der Waals surface area contributed by atoms with Gasteiger partial charge in [0.2, 0.25) is 0 Å². The van der Waals surface area contributed by atoms with Crippen molar-refractivity contribution in [1.29, 1.82) is 0 Å². The van der Waals surface area contributed by atoms with E-state index in [4.69, 9.17) is 23.7 Å². The van der Waals surface area contributed by atoms with Crippen molar-refractivity contribution < 1.29 is 23.7 Å². The Bertz CT molecular complexity index is 378. The highest BCUT2D eigenvalue weighted by molar-refractivity contribution is 5.00. The van der Waals surface area contributed by atoms with Crippen LogP contribution in [0.4, 0.5) is 0 Å². The molecule has 0 aromatic heterocycles. The molecular weight excluding hydrogens is 260 g/mol. The molecule has 116 valence electrons. The van der Waals surface area contributed by atoms with E-state index in [-0.39, 0.29) is 30.7 Å². The number of rotatable bonds is 2. The first-order valence-electron chi connectivity index (χ1n) is 7.54. The second-order valence-electron chi connectivity index (χ2n) is 7.34. The highest BCUT2D eigenvalue weighted by Gasteiger charge is 2.60. The molecule has 3 heterocycles. The lowest BCUT2D eigenvalue weighted by Crippen LogP contribution is -2.55. The fourth-order valence-electron chi connectivity index (χ4n) is 3.35. The van der Waals surface area contributed by atoms with Gasteiger partial charge in [-0.2, -0.15) is 0 Å². The number of hydrogen-bond donors (Lipinski definition) is 0. The van der Waals surface area contributed by atoms with Gasteiger partial charge in [-0.25, -0.2) is 0 Å². The molecule has 0 spiro atoms. The van der Waals surface area contributed by atoms with Gasteiger partial charge in [0.15, 0.2) is 17.9 Å². The lowest BCUT2D eigenvalue weighted by atomic mass is 9.93. The van der Waals surface area contributed by atoms with Crippen molar-refractivity contribution in [2.75, 3.05) is 0 Å². The quantitative estimate of drug-likeness (QED) is 0.780. The third-order valence-corrected chi connectivity index (χ3v) is 3.95. The van der Waals surface area contributed by atoms with E-state index in [1.807, 2.05) is 27.7 Å². The van der Waals surface area contributed by atoms with Crippen LogP contribution in [0.5, 0.6) is 0 Å². The van der Waals surface area contributed by atoms with Crippen molar-refractivity contribution >= 4 is 0 Å². The summed E-state index contributed by atoms with van der Waals surface area (Å²) in [6.07, 6.45) is 0.0989. The SMILES string of the molecule is CC(C)C[C@H]1O[C@@H]2OC(C)(C)O[C@@H]2[C@H]2OC(C)(C)O[C@H]21. The van der Waals surface area contributed by atoms with Crippen molar-refractivity contribution in [3.05, 3.63) is 0 Å². The standard InChI is InChI=1S/C15H26O5/c1-8(2)7-9-10-11(18-14(3,4)17-10)12-13(16-9)20-15(5,6)19-12/h8-13H,7H2,1-6H3/t9-,10+,11+,12-,13-/m1/s1. The smallest absolute Gasteiger partial charge is 0.190 e. The maximum absolute atomic E-state index is 6.11. The molecule has 0 aromatic rings. The number of hydrogen-bond acceptors (Lipinski definition) is 5. The Kier molecular flexibility index (Phi) is 3.42. The van der Waals surface area contributed by atoms with Crippen molar-refractivity contribution in [2.24, 2.45) is 5.92 Å². The Morgan fingerprint density at radius 3 is 2.00 bits per heavy atom. The molecule has 0 aromatic carbocycles. The van der Waals surface area contributed by atoms with E-state index in [0.717, 1.165) is 6.42 Å². The van der Waals surface area contributed by atoms with Gasteiger partial charge >= 0.3 is 0 Å². The minimum absolute atomic E-state index is 0.0134. The van der Waals surface area contributed by atoms with Crippen LogP contribution >= 0.6 is 0 Å². The highest BCUT2D eigenvalue weighted by Crippen LogP contribution is 2.45. The highest BCUT2D eigenvalue weighted by atomic mass is 16.9. The molecule has 0 N–H and O–H groups in total. The molecule has 3 rings (SSSR count). The second-order valence-corrected chi connectivity index (χ2v) is 7.34. The molecule has 0 unspecified atom stereocenters. The third-order valence-electron chi connectivity index (χ3n) is 3.95. The molecule has 3 aliphatic rings. The Morgan fingerprint density at radius 2 is 1.35 bits per heavy atom. The monoisotopic (exact) mass is 286 g/mol. The molecule has 0 saturated carbocycles. The molecule has 0 amide bonds. The fraction of sp³-hybridized carbons (Fsp3) is 1.00. The van der Waals surface area contributed by atoms with Crippen LogP contribution in [0.1, 0.15) is 48.0 Å². The largest absolute Gasteiger partial charge is 0.344 e. The molecule has 0 aliphatic carbocycles. The molecule has 0 bridgehead atoms. The summed E-state index contributed by atoms with van der Waals surface area (Å²) >= 11 is 0. The predicted molar refractivity (Wildman–Crippen MR) is 72.0 cm³/mol. The van der Waals surface area contributed by atoms with Gasteiger partial charge in [0.05, 0.1) is 6.10 Å². The summed E-state index contributed by atoms with van der Waals surface area (Å²) in [6.45, 7) is 12.0. The van der Waals surface area contributed by atoms with Crippen LogP contribution in [0.3, 0.4) is 0 Å². The van der Waals surface area contributed by atoms with Crippen LogP contribution in [0.25, 0.3) is 0 Å². The zero-order valence-corrected chi connectivity index (χ0v) is 13.2. The van der Waals surface area contributed by atoms with E-state index < -0.39 is 11.6 Å². The number of ether oxygens (including phenoxy) is 5. The van der Waals surface area contributed by atoms with E-state index in [0.29, 0.717) is 5.92 Å². The summed E-state index contributed by atoms with van der Waals surface area (Å²) in [6, 6.07) is 0. The van der Waals surface area contributed by atoms with Crippen LogP contribution < -0.4 is 0 Å². The van der Waals surface area contributed by atoms with Gasteiger partial charge in [-0.05, 0) is 40.0 Å². The van der Waals surface area contributed by atoms with Gasteiger partial charge in [0, 0.05) is 0 Å². The summed E-state index contributed by atoms with van der Waals surface area (Å²) in [5.41, 5.74) is 0. The minimum atomic E-state index is -0.636. The lowest BCUT2D eigenvalue weighted by molar-refractivity contribution is -0.236. The Labute approximate surface area is 120 Å². The van der Waals surface area contributed by atoms with Crippen LogP contribution in [0.2, 0.25) is 0 Å². The van der Waals surface area contributed by atoms with Crippen LogP contribution in [-0.2, 0) is 23.7 Å². The molecule has 3 aliphatic heterocycles. The minimum Gasteiger partial charge on any atom is -0.344 e. The van der Waals surface area contributed by atoms with Crippen LogP contribution in [0, 0.1) is 5.92 Å². The Hall–Kier alpha value is -0.200. The van der Waals surface area contributed by atoms with Crippen molar-refractivity contribution in [3.63, 3.8) is 0 Å². The first-order chi connectivity index (χ1) is 9.17. The van der Waals surface area contributed by atoms with E-state index in [9.17, 15) is 0 Å². The molecule has 5 nitrogen and oxygen atoms in total.